The number of rotatable bonds is 2. The summed E-state index contributed by atoms with van der Waals surface area (Å²) >= 11 is 0. The van der Waals surface area contributed by atoms with Crippen LogP contribution < -0.4 is 5.32 Å². The number of hydrogen-bond donors (Lipinski definition) is 1. The first-order valence-electron chi connectivity index (χ1n) is 6.52. The van der Waals surface area contributed by atoms with Crippen molar-refractivity contribution >= 4 is 0 Å². The van der Waals surface area contributed by atoms with Gasteiger partial charge in [0.25, 0.3) is 0 Å². The highest BCUT2D eigenvalue weighted by molar-refractivity contribution is 5.28. The fourth-order valence-corrected chi connectivity index (χ4v) is 2.53. The molecule has 2 aromatic rings. The Balaban J connectivity index is 1.91. The number of nitrogens with zero attached hydrogens (tertiary/aromatic N) is 3. The molecule has 3 heterocycles. The summed E-state index contributed by atoms with van der Waals surface area (Å²) in [7, 11) is 0. The van der Waals surface area contributed by atoms with E-state index in [1.54, 1.807) is 0 Å². The minimum absolute atomic E-state index is 0.544. The van der Waals surface area contributed by atoms with E-state index >= 15 is 0 Å². The molecule has 1 aliphatic rings. The SMILES string of the molecule is Cc1nccn1-c1cccc([C@@H]2CCCNC2)n1. The highest BCUT2D eigenvalue weighted by Crippen LogP contribution is 2.22. The van der Waals surface area contributed by atoms with Gasteiger partial charge < -0.3 is 5.32 Å². The minimum atomic E-state index is 0.544. The molecule has 0 aromatic carbocycles. The van der Waals surface area contributed by atoms with E-state index in [1.165, 1.54) is 18.5 Å². The maximum atomic E-state index is 4.78. The molecule has 1 N–H and O–H groups in total. The zero-order chi connectivity index (χ0) is 12.4. The molecule has 2 aromatic heterocycles. The maximum Gasteiger partial charge on any atom is 0.138 e. The topological polar surface area (TPSA) is 42.7 Å². The highest BCUT2D eigenvalue weighted by Gasteiger charge is 2.16. The standard InChI is InChI=1S/C14H18N4/c1-11-16-8-9-18(11)14-6-2-5-13(17-14)12-4-3-7-15-10-12/h2,5-6,8-9,12,15H,3-4,7,10H2,1H3/t12-/m1/s1. The molecule has 0 radical (unpaired) electrons. The van der Waals surface area contributed by atoms with Gasteiger partial charge in [0, 0.05) is 30.6 Å². The Labute approximate surface area is 107 Å². The summed E-state index contributed by atoms with van der Waals surface area (Å²) in [5.41, 5.74) is 1.19. The van der Waals surface area contributed by atoms with Gasteiger partial charge in [-0.25, -0.2) is 9.97 Å². The molecule has 0 amide bonds. The van der Waals surface area contributed by atoms with Crippen LogP contribution in [-0.4, -0.2) is 27.6 Å². The van der Waals surface area contributed by atoms with E-state index in [0.717, 1.165) is 24.7 Å². The first-order valence-corrected chi connectivity index (χ1v) is 6.52. The molecule has 0 spiro atoms. The van der Waals surface area contributed by atoms with E-state index in [2.05, 4.69) is 22.4 Å². The molecule has 1 atom stereocenters. The van der Waals surface area contributed by atoms with Crippen LogP contribution in [0.1, 0.15) is 30.3 Å². The second kappa shape index (κ2) is 4.90. The lowest BCUT2D eigenvalue weighted by Crippen LogP contribution is -2.28. The van der Waals surface area contributed by atoms with Crippen molar-refractivity contribution in [3.63, 3.8) is 0 Å². The molecule has 18 heavy (non-hydrogen) atoms. The van der Waals surface area contributed by atoms with Crippen molar-refractivity contribution in [3.8, 4) is 5.82 Å². The van der Waals surface area contributed by atoms with E-state index in [-0.39, 0.29) is 0 Å². The lowest BCUT2D eigenvalue weighted by atomic mass is 9.96. The van der Waals surface area contributed by atoms with Crippen molar-refractivity contribution in [2.75, 3.05) is 13.1 Å². The Morgan fingerprint density at radius 3 is 3.06 bits per heavy atom. The van der Waals surface area contributed by atoms with Gasteiger partial charge in [0.2, 0.25) is 0 Å². The monoisotopic (exact) mass is 242 g/mol. The summed E-state index contributed by atoms with van der Waals surface area (Å²) < 4.78 is 2.03. The summed E-state index contributed by atoms with van der Waals surface area (Å²) in [4.78, 5) is 9.03. The minimum Gasteiger partial charge on any atom is -0.316 e. The maximum absolute atomic E-state index is 4.78. The van der Waals surface area contributed by atoms with Gasteiger partial charge >= 0.3 is 0 Å². The van der Waals surface area contributed by atoms with Crippen LogP contribution in [0.25, 0.3) is 5.82 Å². The van der Waals surface area contributed by atoms with Crippen molar-refractivity contribution in [1.82, 2.24) is 19.9 Å². The number of aromatic nitrogens is 3. The second-order valence-electron chi connectivity index (χ2n) is 4.81. The van der Waals surface area contributed by atoms with Gasteiger partial charge in [-0.05, 0) is 38.4 Å². The quantitative estimate of drug-likeness (QED) is 0.876. The summed E-state index contributed by atoms with van der Waals surface area (Å²) in [6.07, 6.45) is 6.24. The molecule has 1 fully saturated rings. The Bertz CT molecular complexity index is 526. The van der Waals surface area contributed by atoms with E-state index in [1.807, 2.05) is 30.0 Å². The van der Waals surface area contributed by atoms with Crippen LogP contribution in [0, 0.1) is 6.92 Å². The largest absolute Gasteiger partial charge is 0.316 e. The Morgan fingerprint density at radius 2 is 2.33 bits per heavy atom. The lowest BCUT2D eigenvalue weighted by molar-refractivity contribution is 0.454. The fraction of sp³-hybridized carbons (Fsp3) is 0.429. The van der Waals surface area contributed by atoms with E-state index in [9.17, 15) is 0 Å². The Morgan fingerprint density at radius 1 is 1.39 bits per heavy atom. The molecule has 4 heteroatoms. The molecule has 0 unspecified atom stereocenters. The molecule has 4 nitrogen and oxygen atoms in total. The molecule has 0 saturated carbocycles. The summed E-state index contributed by atoms with van der Waals surface area (Å²) in [6, 6.07) is 6.26. The van der Waals surface area contributed by atoms with Crippen LogP contribution in [0.5, 0.6) is 0 Å². The number of imidazole rings is 1. The van der Waals surface area contributed by atoms with E-state index in [4.69, 9.17) is 4.98 Å². The van der Waals surface area contributed by atoms with E-state index in [0.29, 0.717) is 5.92 Å². The number of aryl methyl sites for hydroxylation is 1. The van der Waals surface area contributed by atoms with Crippen LogP contribution in [0.15, 0.2) is 30.6 Å². The van der Waals surface area contributed by atoms with Gasteiger partial charge in [-0.2, -0.15) is 0 Å². The van der Waals surface area contributed by atoms with Gasteiger partial charge in [-0.15, -0.1) is 0 Å². The van der Waals surface area contributed by atoms with Gasteiger partial charge in [0.15, 0.2) is 0 Å². The molecular weight excluding hydrogens is 224 g/mol. The van der Waals surface area contributed by atoms with Gasteiger partial charge in [-0.3, -0.25) is 4.57 Å². The Hall–Kier alpha value is -1.68. The lowest BCUT2D eigenvalue weighted by Gasteiger charge is -2.22. The molecule has 0 aliphatic carbocycles. The average Bonchev–Trinajstić information content (AvgIpc) is 2.86. The molecule has 0 bridgehead atoms. The van der Waals surface area contributed by atoms with E-state index < -0.39 is 0 Å². The highest BCUT2D eigenvalue weighted by atomic mass is 15.1. The number of pyridine rings is 1. The molecule has 94 valence electrons. The third-order valence-corrected chi connectivity index (χ3v) is 3.54. The van der Waals surface area contributed by atoms with Crippen molar-refractivity contribution in [1.29, 1.82) is 0 Å². The van der Waals surface area contributed by atoms with Gasteiger partial charge in [0.1, 0.15) is 11.6 Å². The summed E-state index contributed by atoms with van der Waals surface area (Å²) in [6.45, 7) is 4.17. The second-order valence-corrected chi connectivity index (χ2v) is 4.81. The fourth-order valence-electron chi connectivity index (χ4n) is 2.53. The molecule has 1 saturated heterocycles. The number of nitrogens with one attached hydrogen (secondary N) is 1. The summed E-state index contributed by atoms with van der Waals surface area (Å²) in [5.74, 6) is 2.48. The van der Waals surface area contributed by atoms with Crippen LogP contribution in [0.4, 0.5) is 0 Å². The van der Waals surface area contributed by atoms with Crippen LogP contribution in [0.3, 0.4) is 0 Å². The molecule has 3 rings (SSSR count). The molecular formula is C14H18N4. The van der Waals surface area contributed by atoms with Crippen LogP contribution in [-0.2, 0) is 0 Å². The van der Waals surface area contributed by atoms with Crippen molar-refractivity contribution < 1.29 is 0 Å². The van der Waals surface area contributed by atoms with Gasteiger partial charge in [0.05, 0.1) is 0 Å². The number of hydrogen-bond acceptors (Lipinski definition) is 3. The summed E-state index contributed by atoms with van der Waals surface area (Å²) in [5, 5.41) is 3.44. The molecule has 1 aliphatic heterocycles. The van der Waals surface area contributed by atoms with Crippen LogP contribution >= 0.6 is 0 Å². The Kier molecular flexibility index (Phi) is 3.11. The smallest absolute Gasteiger partial charge is 0.138 e. The van der Waals surface area contributed by atoms with Crippen molar-refractivity contribution in [3.05, 3.63) is 42.1 Å². The van der Waals surface area contributed by atoms with Crippen LogP contribution in [0.2, 0.25) is 0 Å². The predicted octanol–water partition coefficient (Wildman–Crippen LogP) is 2.04. The third-order valence-electron chi connectivity index (χ3n) is 3.54. The van der Waals surface area contributed by atoms with Crippen molar-refractivity contribution in [2.45, 2.75) is 25.7 Å². The first-order chi connectivity index (χ1) is 8.84. The third kappa shape index (κ3) is 2.16. The van der Waals surface area contributed by atoms with Crippen molar-refractivity contribution in [2.24, 2.45) is 0 Å². The zero-order valence-electron chi connectivity index (χ0n) is 10.6. The normalized spacial score (nSPS) is 19.9. The number of piperidine rings is 1. The van der Waals surface area contributed by atoms with Gasteiger partial charge in [-0.1, -0.05) is 6.07 Å². The average molecular weight is 242 g/mol. The zero-order valence-corrected chi connectivity index (χ0v) is 10.6. The predicted molar refractivity (Wildman–Crippen MR) is 70.9 cm³/mol. The first kappa shape index (κ1) is 11.4.